The Kier molecular flexibility index (Phi) is 17.3. The molecule has 0 aromatic carbocycles. The summed E-state index contributed by atoms with van der Waals surface area (Å²) in [6.07, 6.45) is 7.56. The molecule has 0 atom stereocenters. The highest BCUT2D eigenvalue weighted by atomic mass is 15.1. The van der Waals surface area contributed by atoms with Crippen LogP contribution in [0.25, 0.3) is 0 Å². The molecule has 0 saturated carbocycles. The Labute approximate surface area is 95.3 Å². The molecule has 0 radical (unpaired) electrons. The van der Waals surface area contributed by atoms with Crippen LogP contribution in [0.3, 0.4) is 0 Å². The monoisotopic (exact) mass is 213 g/mol. The Balaban J connectivity index is 0. The maximum Gasteiger partial charge on any atom is 0.0419 e. The normalized spacial score (nSPS) is 9.60. The minimum Gasteiger partial charge on any atom is -0.379 e. The van der Waals surface area contributed by atoms with E-state index in [-0.39, 0.29) is 0 Å². The van der Waals surface area contributed by atoms with Gasteiger partial charge in [0.15, 0.2) is 0 Å². The topological polar surface area (TPSA) is 27.6 Å². The summed E-state index contributed by atoms with van der Waals surface area (Å²) in [6, 6.07) is 0. The van der Waals surface area contributed by atoms with Gasteiger partial charge >= 0.3 is 0 Å². The van der Waals surface area contributed by atoms with Crippen molar-refractivity contribution >= 4 is 6.72 Å². The molecule has 0 rings (SSSR count). The van der Waals surface area contributed by atoms with Crippen molar-refractivity contribution in [2.45, 2.75) is 33.1 Å². The number of nitrogens with zero attached hydrogens (tertiary/aromatic N) is 2. The fourth-order valence-electron chi connectivity index (χ4n) is 0.818. The van der Waals surface area contributed by atoms with E-state index in [4.69, 9.17) is 0 Å². The lowest BCUT2D eigenvalue weighted by molar-refractivity contribution is 0.483. The third-order valence-electron chi connectivity index (χ3n) is 1.96. The standard InChI is InChI=1S/C6H12N2.C6H15N/c1-4-8(3)6-5-7-2;1-3-4-5-6-7-2/h5-6H,2,4H2,1,3H3;7H,3-6H2,1-2H3/b6-5-;. The molecule has 0 fully saturated rings. The van der Waals surface area contributed by atoms with E-state index in [0.29, 0.717) is 0 Å². The molecule has 90 valence electrons. The lowest BCUT2D eigenvalue weighted by Gasteiger charge is -2.07. The smallest absolute Gasteiger partial charge is 0.0419 e. The second-order valence-electron chi connectivity index (χ2n) is 3.36. The van der Waals surface area contributed by atoms with Gasteiger partial charge in [-0.3, -0.25) is 4.99 Å². The van der Waals surface area contributed by atoms with Gasteiger partial charge in [0.1, 0.15) is 0 Å². The van der Waals surface area contributed by atoms with E-state index in [1.807, 2.05) is 25.2 Å². The lowest BCUT2D eigenvalue weighted by atomic mass is 10.2. The van der Waals surface area contributed by atoms with Gasteiger partial charge in [-0.15, -0.1) is 0 Å². The summed E-state index contributed by atoms with van der Waals surface area (Å²) in [5.41, 5.74) is 0. The van der Waals surface area contributed by atoms with Crippen molar-refractivity contribution in [3.8, 4) is 0 Å². The van der Waals surface area contributed by atoms with Crippen molar-refractivity contribution < 1.29 is 0 Å². The first kappa shape index (κ1) is 16.6. The van der Waals surface area contributed by atoms with Crippen LogP contribution in [0, 0.1) is 0 Å². The Bertz CT molecular complexity index is 140. The number of hydrogen-bond acceptors (Lipinski definition) is 3. The van der Waals surface area contributed by atoms with Crippen LogP contribution in [0.4, 0.5) is 0 Å². The largest absolute Gasteiger partial charge is 0.379 e. The average molecular weight is 213 g/mol. The quantitative estimate of drug-likeness (QED) is 0.520. The van der Waals surface area contributed by atoms with Gasteiger partial charge in [-0.2, -0.15) is 0 Å². The minimum atomic E-state index is 1.01. The van der Waals surface area contributed by atoms with E-state index < -0.39 is 0 Å². The summed E-state index contributed by atoms with van der Waals surface area (Å²) >= 11 is 0. The van der Waals surface area contributed by atoms with Crippen LogP contribution < -0.4 is 5.32 Å². The number of rotatable bonds is 7. The molecule has 0 aliphatic rings. The van der Waals surface area contributed by atoms with Crippen LogP contribution in [0.2, 0.25) is 0 Å². The predicted octanol–water partition coefficient (Wildman–Crippen LogP) is 2.51. The predicted molar refractivity (Wildman–Crippen MR) is 70.4 cm³/mol. The van der Waals surface area contributed by atoms with Crippen LogP contribution >= 0.6 is 0 Å². The minimum absolute atomic E-state index is 1.01. The van der Waals surface area contributed by atoms with Crippen molar-refractivity contribution in [1.29, 1.82) is 0 Å². The van der Waals surface area contributed by atoms with Crippen LogP contribution in [-0.4, -0.2) is 38.8 Å². The summed E-state index contributed by atoms with van der Waals surface area (Å²) in [4.78, 5) is 5.57. The van der Waals surface area contributed by atoms with Crippen molar-refractivity contribution in [1.82, 2.24) is 10.2 Å². The zero-order valence-corrected chi connectivity index (χ0v) is 10.8. The summed E-state index contributed by atoms with van der Waals surface area (Å²) in [5.74, 6) is 0. The molecule has 0 aromatic rings. The van der Waals surface area contributed by atoms with Crippen LogP contribution in [0.1, 0.15) is 33.1 Å². The van der Waals surface area contributed by atoms with Crippen molar-refractivity contribution in [2.24, 2.45) is 4.99 Å². The van der Waals surface area contributed by atoms with Gasteiger partial charge in [0.05, 0.1) is 0 Å². The summed E-state index contributed by atoms with van der Waals surface area (Å²) in [7, 11) is 3.98. The van der Waals surface area contributed by atoms with Gasteiger partial charge < -0.3 is 10.2 Å². The van der Waals surface area contributed by atoms with Gasteiger partial charge in [0, 0.05) is 26.0 Å². The van der Waals surface area contributed by atoms with Crippen LogP contribution in [0.15, 0.2) is 17.4 Å². The highest BCUT2D eigenvalue weighted by Gasteiger charge is 1.79. The maximum atomic E-state index is 3.55. The molecule has 0 heterocycles. The first-order valence-corrected chi connectivity index (χ1v) is 5.70. The summed E-state index contributed by atoms with van der Waals surface area (Å²) < 4.78 is 0. The zero-order chi connectivity index (χ0) is 11.9. The Morgan fingerprint density at radius 1 is 1.33 bits per heavy atom. The molecule has 0 saturated heterocycles. The Morgan fingerprint density at radius 3 is 2.40 bits per heavy atom. The molecule has 15 heavy (non-hydrogen) atoms. The molecule has 0 spiro atoms. The average Bonchev–Trinajstić information content (AvgIpc) is 2.27. The molecule has 0 amide bonds. The molecule has 0 aliphatic carbocycles. The molecule has 0 bridgehead atoms. The molecule has 0 aromatic heterocycles. The molecule has 3 heteroatoms. The second kappa shape index (κ2) is 15.6. The molecule has 1 N–H and O–H groups in total. The Morgan fingerprint density at radius 2 is 2.00 bits per heavy atom. The number of nitrogens with one attached hydrogen (secondary N) is 1. The van der Waals surface area contributed by atoms with E-state index in [9.17, 15) is 0 Å². The van der Waals surface area contributed by atoms with Gasteiger partial charge in [0.25, 0.3) is 0 Å². The fourth-order valence-corrected chi connectivity index (χ4v) is 0.818. The molecular formula is C12H27N3. The molecule has 0 aliphatic heterocycles. The zero-order valence-electron chi connectivity index (χ0n) is 10.8. The Hall–Kier alpha value is -0.830. The van der Waals surface area contributed by atoms with E-state index in [1.54, 1.807) is 6.20 Å². The van der Waals surface area contributed by atoms with E-state index in [0.717, 1.165) is 6.54 Å². The van der Waals surface area contributed by atoms with E-state index in [1.165, 1.54) is 25.8 Å². The van der Waals surface area contributed by atoms with Crippen LogP contribution in [-0.2, 0) is 0 Å². The van der Waals surface area contributed by atoms with E-state index >= 15 is 0 Å². The van der Waals surface area contributed by atoms with Crippen molar-refractivity contribution in [3.63, 3.8) is 0 Å². The summed E-state index contributed by atoms with van der Waals surface area (Å²) in [6.45, 7) is 9.78. The highest BCUT2D eigenvalue weighted by molar-refractivity contribution is 5.25. The molecular weight excluding hydrogens is 186 g/mol. The molecule has 3 nitrogen and oxygen atoms in total. The van der Waals surface area contributed by atoms with Gasteiger partial charge in [-0.25, -0.2) is 0 Å². The van der Waals surface area contributed by atoms with Gasteiger partial charge in [-0.05, 0) is 33.7 Å². The summed E-state index contributed by atoms with van der Waals surface area (Å²) in [5, 5.41) is 3.10. The SMILES string of the molecule is C=N/C=C\N(C)CC.CCCCCNC. The lowest BCUT2D eigenvalue weighted by Crippen LogP contribution is -2.07. The first-order chi connectivity index (χ1) is 7.22. The third-order valence-corrected chi connectivity index (χ3v) is 1.96. The third kappa shape index (κ3) is 19.5. The number of unbranched alkanes of at least 4 members (excludes halogenated alkanes) is 2. The van der Waals surface area contributed by atoms with Gasteiger partial charge in [-0.1, -0.05) is 19.8 Å². The second-order valence-corrected chi connectivity index (χ2v) is 3.36. The fraction of sp³-hybridized carbons (Fsp3) is 0.750. The highest BCUT2D eigenvalue weighted by Crippen LogP contribution is 1.89. The van der Waals surface area contributed by atoms with E-state index in [2.05, 4.69) is 30.9 Å². The van der Waals surface area contributed by atoms with Gasteiger partial charge in [0.2, 0.25) is 0 Å². The number of aliphatic imine (C=N–C) groups is 1. The van der Waals surface area contributed by atoms with Crippen molar-refractivity contribution in [2.75, 3.05) is 27.2 Å². The van der Waals surface area contributed by atoms with Crippen molar-refractivity contribution in [3.05, 3.63) is 12.4 Å². The van der Waals surface area contributed by atoms with Crippen LogP contribution in [0.5, 0.6) is 0 Å². The molecule has 0 unspecified atom stereocenters. The maximum absolute atomic E-state index is 3.55. The first-order valence-electron chi connectivity index (χ1n) is 5.70. The number of hydrogen-bond donors (Lipinski definition) is 1.